The van der Waals surface area contributed by atoms with Crippen LogP contribution in [0.25, 0.3) is 22.4 Å². The number of nitrogens with zero attached hydrogens (tertiary/aromatic N) is 1. The van der Waals surface area contributed by atoms with Crippen LogP contribution in [0.1, 0.15) is 18.8 Å². The molecule has 1 aromatic heterocycles. The molecular formula is C17H17N3. The third kappa shape index (κ3) is 2.49. The van der Waals surface area contributed by atoms with E-state index in [9.17, 15) is 0 Å². The van der Waals surface area contributed by atoms with E-state index in [0.717, 1.165) is 17.1 Å². The lowest BCUT2D eigenvalue weighted by Gasteiger charge is -2.03. The third-order valence-corrected chi connectivity index (χ3v) is 3.33. The van der Waals surface area contributed by atoms with E-state index in [1.54, 1.807) is 0 Å². The van der Waals surface area contributed by atoms with Gasteiger partial charge in [0.2, 0.25) is 0 Å². The summed E-state index contributed by atoms with van der Waals surface area (Å²) < 4.78 is 0. The van der Waals surface area contributed by atoms with Gasteiger partial charge in [-0.05, 0) is 23.6 Å². The number of H-pyrrole nitrogens is 1. The second kappa shape index (κ2) is 5.31. The lowest BCUT2D eigenvalue weighted by molar-refractivity contribution is 0.756. The average Bonchev–Trinajstić information content (AvgIpc) is 2.98. The highest BCUT2D eigenvalue weighted by Crippen LogP contribution is 2.24. The number of aromatic amines is 1. The van der Waals surface area contributed by atoms with Crippen LogP contribution >= 0.6 is 0 Å². The Balaban J connectivity index is 1.89. The van der Waals surface area contributed by atoms with Crippen molar-refractivity contribution in [1.29, 1.82) is 0 Å². The fraction of sp³-hybridized carbons (Fsp3) is 0.118. The summed E-state index contributed by atoms with van der Waals surface area (Å²) in [6.07, 6.45) is 1.83. The first-order chi connectivity index (χ1) is 9.74. The minimum atomic E-state index is -0.0765. The fourth-order valence-corrected chi connectivity index (χ4v) is 2.19. The first-order valence-electron chi connectivity index (χ1n) is 6.70. The molecule has 0 aliphatic carbocycles. The Hall–Kier alpha value is -2.39. The topological polar surface area (TPSA) is 54.7 Å². The third-order valence-electron chi connectivity index (χ3n) is 3.33. The maximum atomic E-state index is 5.81. The van der Waals surface area contributed by atoms with E-state index in [-0.39, 0.29) is 6.04 Å². The molecule has 1 unspecified atom stereocenters. The van der Waals surface area contributed by atoms with Crippen molar-refractivity contribution in [2.24, 2.45) is 5.73 Å². The van der Waals surface area contributed by atoms with Gasteiger partial charge in [-0.2, -0.15) is 0 Å². The Morgan fingerprint density at radius 3 is 2.10 bits per heavy atom. The Morgan fingerprint density at radius 1 is 0.900 bits per heavy atom. The first-order valence-corrected chi connectivity index (χ1v) is 6.70. The van der Waals surface area contributed by atoms with E-state index in [4.69, 9.17) is 5.73 Å². The second-order valence-corrected chi connectivity index (χ2v) is 4.91. The molecule has 3 heteroatoms. The molecule has 0 bridgehead atoms. The Bertz CT molecular complexity index is 682. The van der Waals surface area contributed by atoms with Gasteiger partial charge in [0, 0.05) is 0 Å². The van der Waals surface area contributed by atoms with Gasteiger partial charge in [-0.15, -0.1) is 0 Å². The standard InChI is InChI=1S/C17H17N3/c1-12(18)17-19-11-16(20-17)15-9-7-14(8-10-15)13-5-3-2-4-6-13/h2-12H,18H2,1H3,(H,19,20). The minimum absolute atomic E-state index is 0.0765. The SMILES string of the molecule is CC(N)c1ncc(-c2ccc(-c3ccccc3)cc2)[nH]1. The molecule has 0 aliphatic rings. The number of rotatable bonds is 3. The summed E-state index contributed by atoms with van der Waals surface area (Å²) in [6.45, 7) is 1.92. The Labute approximate surface area is 118 Å². The van der Waals surface area contributed by atoms with E-state index < -0.39 is 0 Å². The van der Waals surface area contributed by atoms with Crippen LogP contribution in [0.5, 0.6) is 0 Å². The molecule has 0 fully saturated rings. The quantitative estimate of drug-likeness (QED) is 0.756. The first kappa shape index (κ1) is 12.6. The molecule has 1 heterocycles. The zero-order valence-corrected chi connectivity index (χ0v) is 11.4. The van der Waals surface area contributed by atoms with E-state index in [1.165, 1.54) is 11.1 Å². The summed E-state index contributed by atoms with van der Waals surface area (Å²) in [5.41, 5.74) is 10.4. The minimum Gasteiger partial charge on any atom is -0.341 e. The number of hydrogen-bond acceptors (Lipinski definition) is 2. The summed E-state index contributed by atoms with van der Waals surface area (Å²) >= 11 is 0. The average molecular weight is 263 g/mol. The molecule has 0 radical (unpaired) electrons. The van der Waals surface area contributed by atoms with Crippen LogP contribution in [0.15, 0.2) is 60.8 Å². The van der Waals surface area contributed by atoms with Gasteiger partial charge in [0.15, 0.2) is 0 Å². The maximum Gasteiger partial charge on any atom is 0.123 e. The van der Waals surface area contributed by atoms with E-state index in [1.807, 2.05) is 31.3 Å². The summed E-state index contributed by atoms with van der Waals surface area (Å²) in [7, 11) is 0. The van der Waals surface area contributed by atoms with Gasteiger partial charge >= 0.3 is 0 Å². The van der Waals surface area contributed by atoms with Gasteiger partial charge in [0.05, 0.1) is 17.9 Å². The predicted molar refractivity (Wildman–Crippen MR) is 82.1 cm³/mol. The monoisotopic (exact) mass is 263 g/mol. The normalized spacial score (nSPS) is 12.3. The number of hydrogen-bond donors (Lipinski definition) is 2. The van der Waals surface area contributed by atoms with Crippen molar-refractivity contribution >= 4 is 0 Å². The highest BCUT2D eigenvalue weighted by molar-refractivity contribution is 5.68. The number of benzene rings is 2. The van der Waals surface area contributed by atoms with Gasteiger partial charge in [0.1, 0.15) is 5.82 Å². The van der Waals surface area contributed by atoms with Gasteiger partial charge in [-0.1, -0.05) is 54.6 Å². The van der Waals surface area contributed by atoms with Crippen molar-refractivity contribution < 1.29 is 0 Å². The molecule has 0 aliphatic heterocycles. The molecule has 3 N–H and O–H groups in total. The molecule has 0 spiro atoms. The molecule has 0 saturated heterocycles. The van der Waals surface area contributed by atoms with Gasteiger partial charge < -0.3 is 10.7 Å². The van der Waals surface area contributed by atoms with Crippen LogP contribution in [0.4, 0.5) is 0 Å². The predicted octanol–water partition coefficient (Wildman–Crippen LogP) is 3.76. The largest absolute Gasteiger partial charge is 0.341 e. The van der Waals surface area contributed by atoms with Crippen molar-refractivity contribution in [2.45, 2.75) is 13.0 Å². The van der Waals surface area contributed by atoms with Crippen molar-refractivity contribution in [3.8, 4) is 22.4 Å². The molecule has 20 heavy (non-hydrogen) atoms. The highest BCUT2D eigenvalue weighted by atomic mass is 14.9. The lowest BCUT2D eigenvalue weighted by Crippen LogP contribution is -2.06. The number of nitrogens with one attached hydrogen (secondary N) is 1. The molecule has 2 aromatic carbocycles. The molecule has 0 saturated carbocycles. The van der Waals surface area contributed by atoms with Crippen LogP contribution in [0.3, 0.4) is 0 Å². The zero-order chi connectivity index (χ0) is 13.9. The molecule has 3 rings (SSSR count). The van der Waals surface area contributed by atoms with Gasteiger partial charge in [0.25, 0.3) is 0 Å². The van der Waals surface area contributed by atoms with Crippen molar-refractivity contribution in [3.05, 3.63) is 66.6 Å². The number of nitrogens with two attached hydrogens (primary N) is 1. The zero-order valence-electron chi connectivity index (χ0n) is 11.4. The smallest absolute Gasteiger partial charge is 0.123 e. The highest BCUT2D eigenvalue weighted by Gasteiger charge is 2.06. The van der Waals surface area contributed by atoms with Crippen LogP contribution in [0, 0.1) is 0 Å². The second-order valence-electron chi connectivity index (χ2n) is 4.91. The number of imidazole rings is 1. The van der Waals surface area contributed by atoms with E-state index in [0.29, 0.717) is 0 Å². The van der Waals surface area contributed by atoms with Gasteiger partial charge in [-0.3, -0.25) is 0 Å². The van der Waals surface area contributed by atoms with Gasteiger partial charge in [-0.25, -0.2) is 4.98 Å². The van der Waals surface area contributed by atoms with Crippen LogP contribution in [-0.2, 0) is 0 Å². The number of aromatic nitrogens is 2. The Kier molecular flexibility index (Phi) is 3.35. The summed E-state index contributed by atoms with van der Waals surface area (Å²) in [5.74, 6) is 0.812. The van der Waals surface area contributed by atoms with E-state index >= 15 is 0 Å². The molecular weight excluding hydrogens is 246 g/mol. The van der Waals surface area contributed by atoms with Crippen LogP contribution < -0.4 is 5.73 Å². The molecule has 100 valence electrons. The Morgan fingerprint density at radius 2 is 1.50 bits per heavy atom. The van der Waals surface area contributed by atoms with E-state index in [2.05, 4.69) is 46.4 Å². The summed E-state index contributed by atoms with van der Waals surface area (Å²) in [5, 5.41) is 0. The lowest BCUT2D eigenvalue weighted by atomic mass is 10.0. The molecule has 1 atom stereocenters. The molecule has 3 aromatic rings. The van der Waals surface area contributed by atoms with Crippen molar-refractivity contribution in [3.63, 3.8) is 0 Å². The van der Waals surface area contributed by atoms with Crippen molar-refractivity contribution in [1.82, 2.24) is 9.97 Å². The maximum absolute atomic E-state index is 5.81. The van der Waals surface area contributed by atoms with Crippen molar-refractivity contribution in [2.75, 3.05) is 0 Å². The molecule has 3 nitrogen and oxygen atoms in total. The summed E-state index contributed by atoms with van der Waals surface area (Å²) in [4.78, 5) is 7.54. The van der Waals surface area contributed by atoms with Crippen LogP contribution in [0.2, 0.25) is 0 Å². The summed E-state index contributed by atoms with van der Waals surface area (Å²) in [6, 6.07) is 18.7. The molecule has 0 amide bonds. The van der Waals surface area contributed by atoms with Crippen LogP contribution in [-0.4, -0.2) is 9.97 Å². The fourth-order valence-electron chi connectivity index (χ4n) is 2.19.